The summed E-state index contributed by atoms with van der Waals surface area (Å²) in [4.78, 5) is 24.7. The van der Waals surface area contributed by atoms with Gasteiger partial charge in [0, 0.05) is 37.8 Å². The van der Waals surface area contributed by atoms with Crippen LogP contribution in [0.25, 0.3) is 0 Å². The Balaban J connectivity index is 1.69. The quantitative estimate of drug-likeness (QED) is 0.787. The molecule has 3 heterocycles. The molecule has 1 aliphatic heterocycles. The summed E-state index contributed by atoms with van der Waals surface area (Å²) in [7, 11) is 0. The number of nitrogens with zero attached hydrogens (tertiary/aromatic N) is 4. The van der Waals surface area contributed by atoms with Gasteiger partial charge in [0.25, 0.3) is 5.91 Å². The summed E-state index contributed by atoms with van der Waals surface area (Å²) >= 11 is 13.5. The molecule has 0 aliphatic carbocycles. The molecule has 0 radical (unpaired) electrons. The maximum absolute atomic E-state index is 12.5. The monoisotopic (exact) mass is 342 g/mol. The van der Waals surface area contributed by atoms with Crippen molar-refractivity contribution in [2.24, 2.45) is 0 Å². The first-order valence-corrected chi connectivity index (χ1v) is 8.04. The molecule has 5 nitrogen and oxygen atoms in total. The van der Waals surface area contributed by atoms with Crippen LogP contribution in [-0.2, 0) is 0 Å². The summed E-state index contributed by atoms with van der Waals surface area (Å²) < 4.78 is 0. The first-order chi connectivity index (χ1) is 10.1. The highest BCUT2D eigenvalue weighted by atomic mass is 35.5. The van der Waals surface area contributed by atoms with Crippen LogP contribution in [0, 0.1) is 0 Å². The van der Waals surface area contributed by atoms with Crippen molar-refractivity contribution in [1.29, 1.82) is 0 Å². The van der Waals surface area contributed by atoms with Crippen LogP contribution in [-0.4, -0.2) is 47.0 Å². The number of hydrogen-bond donors (Lipinski definition) is 0. The highest BCUT2D eigenvalue weighted by Crippen LogP contribution is 2.22. The summed E-state index contributed by atoms with van der Waals surface area (Å²) in [6.45, 7) is 2.72. The van der Waals surface area contributed by atoms with Gasteiger partial charge in [0.1, 0.15) is 10.8 Å². The third kappa shape index (κ3) is 3.12. The molecule has 110 valence electrons. The van der Waals surface area contributed by atoms with Crippen molar-refractivity contribution in [2.45, 2.75) is 0 Å². The first kappa shape index (κ1) is 14.6. The fourth-order valence-corrected chi connectivity index (χ4v) is 3.22. The smallest absolute Gasteiger partial charge is 0.274 e. The average molecular weight is 343 g/mol. The Bertz CT molecular complexity index is 642. The predicted octanol–water partition coefficient (Wildman–Crippen LogP) is 2.81. The van der Waals surface area contributed by atoms with Crippen LogP contribution in [0.5, 0.6) is 0 Å². The molecule has 2 aromatic heterocycles. The molecule has 0 unspecified atom stereocenters. The normalized spacial score (nSPS) is 15.3. The zero-order valence-corrected chi connectivity index (χ0v) is 13.3. The van der Waals surface area contributed by atoms with Crippen molar-refractivity contribution in [3.63, 3.8) is 0 Å². The Morgan fingerprint density at radius 3 is 2.62 bits per heavy atom. The van der Waals surface area contributed by atoms with E-state index in [0.29, 0.717) is 18.1 Å². The zero-order chi connectivity index (χ0) is 14.8. The van der Waals surface area contributed by atoms with Crippen LogP contribution in [0.2, 0.25) is 10.2 Å². The lowest BCUT2D eigenvalue weighted by Gasteiger charge is -2.34. The predicted molar refractivity (Wildman–Crippen MR) is 84.5 cm³/mol. The number of halogens is 2. The molecule has 0 bridgehead atoms. The fourth-order valence-electron chi connectivity index (χ4n) is 2.19. The van der Waals surface area contributed by atoms with E-state index < -0.39 is 0 Å². The van der Waals surface area contributed by atoms with Gasteiger partial charge in [0.15, 0.2) is 5.13 Å². The number of aromatic nitrogens is 2. The lowest BCUT2D eigenvalue weighted by molar-refractivity contribution is 0.0741. The number of carbonyl (C=O) groups excluding carboxylic acids is 1. The lowest BCUT2D eigenvalue weighted by atomic mass is 10.2. The molecule has 1 fully saturated rings. The third-order valence-corrected chi connectivity index (χ3v) is 4.62. The van der Waals surface area contributed by atoms with E-state index in [9.17, 15) is 4.79 Å². The van der Waals surface area contributed by atoms with Gasteiger partial charge in [-0.15, -0.1) is 11.3 Å². The van der Waals surface area contributed by atoms with E-state index in [-0.39, 0.29) is 16.8 Å². The van der Waals surface area contributed by atoms with Gasteiger partial charge in [0.2, 0.25) is 0 Å². The number of rotatable bonds is 2. The van der Waals surface area contributed by atoms with Crippen molar-refractivity contribution < 1.29 is 4.79 Å². The van der Waals surface area contributed by atoms with E-state index in [4.69, 9.17) is 23.2 Å². The molecule has 1 aliphatic rings. The largest absolute Gasteiger partial charge is 0.345 e. The van der Waals surface area contributed by atoms with Crippen molar-refractivity contribution in [1.82, 2.24) is 14.9 Å². The van der Waals surface area contributed by atoms with Gasteiger partial charge in [-0.3, -0.25) is 4.79 Å². The molecule has 0 spiro atoms. The highest BCUT2D eigenvalue weighted by molar-refractivity contribution is 7.13. The second-order valence-corrected chi connectivity index (χ2v) is 6.23. The van der Waals surface area contributed by atoms with Gasteiger partial charge < -0.3 is 9.80 Å². The number of pyridine rings is 1. The summed E-state index contributed by atoms with van der Waals surface area (Å²) in [6, 6.07) is 3.16. The highest BCUT2D eigenvalue weighted by Gasteiger charge is 2.25. The number of amides is 1. The number of carbonyl (C=O) groups is 1. The molecule has 21 heavy (non-hydrogen) atoms. The minimum Gasteiger partial charge on any atom is -0.345 e. The molecule has 3 rings (SSSR count). The Morgan fingerprint density at radius 1 is 1.19 bits per heavy atom. The summed E-state index contributed by atoms with van der Waals surface area (Å²) in [5.41, 5.74) is 0.215. The van der Waals surface area contributed by atoms with Crippen LogP contribution >= 0.6 is 34.5 Å². The van der Waals surface area contributed by atoms with Crippen molar-refractivity contribution in [2.75, 3.05) is 31.1 Å². The molecule has 0 aromatic carbocycles. The molecular weight excluding hydrogens is 331 g/mol. The average Bonchev–Trinajstić information content (AvgIpc) is 3.03. The SMILES string of the molecule is O=C(c1nc(Cl)ccc1Cl)N1CCN(c2nccs2)CC1. The second-order valence-electron chi connectivity index (χ2n) is 4.56. The van der Waals surface area contributed by atoms with Crippen LogP contribution < -0.4 is 4.90 Å². The number of anilines is 1. The fraction of sp³-hybridized carbons (Fsp3) is 0.308. The van der Waals surface area contributed by atoms with Crippen molar-refractivity contribution >= 4 is 45.6 Å². The van der Waals surface area contributed by atoms with Gasteiger partial charge in [0.05, 0.1) is 5.02 Å². The number of hydrogen-bond acceptors (Lipinski definition) is 5. The third-order valence-electron chi connectivity index (χ3n) is 3.27. The molecule has 0 saturated carbocycles. The maximum atomic E-state index is 12.5. The summed E-state index contributed by atoms with van der Waals surface area (Å²) in [5.74, 6) is -0.179. The molecule has 0 atom stereocenters. The minimum absolute atomic E-state index is 0.179. The minimum atomic E-state index is -0.179. The molecular formula is C13H12Cl2N4OS. The number of piperazine rings is 1. The first-order valence-electron chi connectivity index (χ1n) is 6.41. The molecule has 8 heteroatoms. The van der Waals surface area contributed by atoms with E-state index in [1.807, 2.05) is 5.38 Å². The maximum Gasteiger partial charge on any atom is 0.274 e. The molecule has 1 amide bonds. The molecule has 2 aromatic rings. The Labute approximate surface area is 136 Å². The van der Waals surface area contributed by atoms with Gasteiger partial charge >= 0.3 is 0 Å². The zero-order valence-electron chi connectivity index (χ0n) is 11.0. The lowest BCUT2D eigenvalue weighted by Crippen LogP contribution is -2.49. The molecule has 0 N–H and O–H groups in total. The molecule has 1 saturated heterocycles. The van der Waals surface area contributed by atoms with Gasteiger partial charge in [-0.1, -0.05) is 23.2 Å². The topological polar surface area (TPSA) is 49.3 Å². The van der Waals surface area contributed by atoms with E-state index in [0.717, 1.165) is 18.2 Å². The summed E-state index contributed by atoms with van der Waals surface area (Å²) in [6.07, 6.45) is 1.78. The summed E-state index contributed by atoms with van der Waals surface area (Å²) in [5, 5.41) is 3.53. The van der Waals surface area contributed by atoms with Crippen molar-refractivity contribution in [3.05, 3.63) is 39.6 Å². The van der Waals surface area contributed by atoms with E-state index in [1.54, 1.807) is 34.6 Å². The standard InChI is InChI=1S/C13H12Cl2N4OS/c14-9-1-2-10(15)17-11(9)12(20)18-4-6-19(7-5-18)13-16-3-8-21-13/h1-3,8H,4-7H2. The van der Waals surface area contributed by atoms with Crippen LogP contribution in [0.1, 0.15) is 10.5 Å². The van der Waals surface area contributed by atoms with Crippen LogP contribution in [0.15, 0.2) is 23.7 Å². The van der Waals surface area contributed by atoms with E-state index in [2.05, 4.69) is 14.9 Å². The second kappa shape index (κ2) is 6.17. The van der Waals surface area contributed by atoms with Crippen LogP contribution in [0.4, 0.5) is 5.13 Å². The Kier molecular flexibility index (Phi) is 4.28. The van der Waals surface area contributed by atoms with Crippen molar-refractivity contribution in [3.8, 4) is 0 Å². The van der Waals surface area contributed by atoms with E-state index in [1.165, 1.54) is 0 Å². The number of thiazole rings is 1. The van der Waals surface area contributed by atoms with Gasteiger partial charge in [-0.05, 0) is 12.1 Å². The van der Waals surface area contributed by atoms with E-state index >= 15 is 0 Å². The van der Waals surface area contributed by atoms with Gasteiger partial charge in [-0.25, -0.2) is 9.97 Å². The van der Waals surface area contributed by atoms with Gasteiger partial charge in [-0.2, -0.15) is 0 Å². The van der Waals surface area contributed by atoms with Crippen LogP contribution in [0.3, 0.4) is 0 Å². The Hall–Kier alpha value is -1.37. The Morgan fingerprint density at radius 2 is 1.95 bits per heavy atom.